The molecule has 0 saturated heterocycles. The van der Waals surface area contributed by atoms with Crippen LogP contribution in [-0.4, -0.2) is 17.1 Å². The number of benzene rings is 3. The molecular weight excluding hydrogens is 496 g/mol. The molecule has 3 rings (SSSR count). The van der Waals surface area contributed by atoms with E-state index in [1.807, 2.05) is 67.6 Å². The quantitative estimate of drug-likeness (QED) is 0.323. The van der Waals surface area contributed by atoms with Crippen LogP contribution in [0.3, 0.4) is 0 Å². The van der Waals surface area contributed by atoms with E-state index in [2.05, 4.69) is 26.6 Å². The minimum Gasteiger partial charge on any atom is -0.326 e. The summed E-state index contributed by atoms with van der Waals surface area (Å²) in [6.45, 7) is 1.98. The molecule has 0 radical (unpaired) electrons. The smallest absolute Gasteiger partial charge is 0.237 e. The van der Waals surface area contributed by atoms with Gasteiger partial charge in [0.25, 0.3) is 0 Å². The number of para-hydroxylation sites is 1. The van der Waals surface area contributed by atoms with Crippen molar-refractivity contribution in [1.82, 2.24) is 0 Å². The Hall–Kier alpha value is -2.28. The molecule has 0 aliphatic rings. The average molecular weight is 518 g/mol. The number of halogens is 2. The van der Waals surface area contributed by atoms with Crippen LogP contribution < -0.4 is 10.6 Å². The van der Waals surface area contributed by atoms with Crippen LogP contribution in [0.4, 0.5) is 11.4 Å². The highest BCUT2D eigenvalue weighted by atomic mass is 79.9. The predicted octanol–water partition coefficient (Wildman–Crippen LogP) is 6.79. The second-order valence-corrected chi connectivity index (χ2v) is 9.43. The van der Waals surface area contributed by atoms with Crippen LogP contribution in [0.2, 0.25) is 5.02 Å². The lowest BCUT2D eigenvalue weighted by molar-refractivity contribution is -0.116. The molecule has 4 nitrogen and oxygen atoms in total. The zero-order valence-corrected chi connectivity index (χ0v) is 20.1. The first-order valence-corrected chi connectivity index (χ1v) is 11.9. The van der Waals surface area contributed by atoms with Crippen LogP contribution in [0.1, 0.15) is 18.9 Å². The summed E-state index contributed by atoms with van der Waals surface area (Å²) >= 11 is 10.8. The number of carbonyl (C=O) groups excluding carboxylic acids is 2. The van der Waals surface area contributed by atoms with Crippen molar-refractivity contribution in [2.24, 2.45) is 0 Å². The van der Waals surface area contributed by atoms with E-state index in [1.165, 1.54) is 11.8 Å². The van der Waals surface area contributed by atoms with E-state index in [0.29, 0.717) is 17.1 Å². The van der Waals surface area contributed by atoms with Gasteiger partial charge in [-0.05, 0) is 70.4 Å². The number of carbonyl (C=O) groups is 2. The van der Waals surface area contributed by atoms with E-state index in [4.69, 9.17) is 11.6 Å². The van der Waals surface area contributed by atoms with Crippen molar-refractivity contribution in [3.63, 3.8) is 0 Å². The Kier molecular flexibility index (Phi) is 8.58. The standard InChI is InChI=1S/C24H22BrClN2O2S/c1-2-22(24(30)28-21-9-4-3-8-20(21)25)31-19-7-5-6-18(15-19)27-23(29)14-16-10-12-17(26)13-11-16/h3-13,15,22H,2,14H2,1H3,(H,27,29)(H,28,30). The van der Waals surface area contributed by atoms with Crippen LogP contribution in [0.5, 0.6) is 0 Å². The highest BCUT2D eigenvalue weighted by Gasteiger charge is 2.19. The minimum atomic E-state index is -0.257. The Bertz CT molecular complexity index is 1060. The lowest BCUT2D eigenvalue weighted by Crippen LogP contribution is -2.24. The summed E-state index contributed by atoms with van der Waals surface area (Å²) in [5.74, 6) is -0.167. The monoisotopic (exact) mass is 516 g/mol. The molecular formula is C24H22BrClN2O2S. The molecule has 0 aliphatic carbocycles. The van der Waals surface area contributed by atoms with Gasteiger partial charge in [0.1, 0.15) is 0 Å². The maximum absolute atomic E-state index is 12.8. The van der Waals surface area contributed by atoms with Crippen molar-refractivity contribution >= 4 is 62.5 Å². The Morgan fingerprint density at radius 1 is 1.00 bits per heavy atom. The normalized spacial score (nSPS) is 11.6. The number of nitrogens with one attached hydrogen (secondary N) is 2. The zero-order valence-electron chi connectivity index (χ0n) is 16.9. The molecule has 0 fully saturated rings. The van der Waals surface area contributed by atoms with Gasteiger partial charge in [-0.25, -0.2) is 0 Å². The SMILES string of the molecule is CCC(Sc1cccc(NC(=O)Cc2ccc(Cl)cc2)c1)C(=O)Nc1ccccc1Br. The van der Waals surface area contributed by atoms with Crippen molar-refractivity contribution in [3.05, 3.63) is 87.9 Å². The Balaban J connectivity index is 1.61. The Morgan fingerprint density at radius 3 is 2.45 bits per heavy atom. The summed E-state index contributed by atoms with van der Waals surface area (Å²) in [6, 6.07) is 22.3. The largest absolute Gasteiger partial charge is 0.326 e. The summed E-state index contributed by atoms with van der Waals surface area (Å²) in [5, 5.41) is 6.28. The highest BCUT2D eigenvalue weighted by Crippen LogP contribution is 2.29. The number of hydrogen-bond donors (Lipinski definition) is 2. The van der Waals surface area contributed by atoms with Crippen molar-refractivity contribution in [2.75, 3.05) is 10.6 Å². The van der Waals surface area contributed by atoms with Gasteiger partial charge in [-0.15, -0.1) is 11.8 Å². The fourth-order valence-electron chi connectivity index (χ4n) is 2.90. The first-order valence-electron chi connectivity index (χ1n) is 9.81. The topological polar surface area (TPSA) is 58.2 Å². The van der Waals surface area contributed by atoms with E-state index in [0.717, 1.165) is 20.6 Å². The van der Waals surface area contributed by atoms with Gasteiger partial charge < -0.3 is 10.6 Å². The summed E-state index contributed by atoms with van der Waals surface area (Å²) in [7, 11) is 0. The third-order valence-electron chi connectivity index (χ3n) is 4.47. The van der Waals surface area contributed by atoms with Crippen LogP contribution in [0, 0.1) is 0 Å². The first-order chi connectivity index (χ1) is 14.9. The van der Waals surface area contributed by atoms with Gasteiger partial charge in [-0.1, -0.05) is 48.9 Å². The number of anilines is 2. The van der Waals surface area contributed by atoms with Gasteiger partial charge in [0.05, 0.1) is 17.4 Å². The van der Waals surface area contributed by atoms with E-state index >= 15 is 0 Å². The van der Waals surface area contributed by atoms with Crippen LogP contribution in [-0.2, 0) is 16.0 Å². The number of rotatable bonds is 8. The van der Waals surface area contributed by atoms with Gasteiger partial charge in [-0.2, -0.15) is 0 Å². The summed E-state index contributed by atoms with van der Waals surface area (Å²) < 4.78 is 0.841. The zero-order chi connectivity index (χ0) is 22.2. The second-order valence-electron chi connectivity index (χ2n) is 6.86. The molecule has 160 valence electrons. The van der Waals surface area contributed by atoms with Crippen molar-refractivity contribution < 1.29 is 9.59 Å². The molecule has 0 saturated carbocycles. The van der Waals surface area contributed by atoms with Gasteiger partial charge >= 0.3 is 0 Å². The first kappa shape index (κ1) is 23.4. The van der Waals surface area contributed by atoms with E-state index in [9.17, 15) is 9.59 Å². The summed E-state index contributed by atoms with van der Waals surface area (Å²) in [4.78, 5) is 26.1. The van der Waals surface area contributed by atoms with E-state index in [1.54, 1.807) is 12.1 Å². The van der Waals surface area contributed by atoms with Crippen molar-refractivity contribution in [1.29, 1.82) is 0 Å². The third-order valence-corrected chi connectivity index (χ3v) is 6.77. The van der Waals surface area contributed by atoms with Gasteiger partial charge in [0, 0.05) is 20.1 Å². The van der Waals surface area contributed by atoms with Crippen molar-refractivity contribution in [2.45, 2.75) is 29.9 Å². The highest BCUT2D eigenvalue weighted by molar-refractivity contribution is 9.10. The Labute approximate surface area is 199 Å². The second kappa shape index (κ2) is 11.4. The number of thioether (sulfide) groups is 1. The van der Waals surface area contributed by atoms with E-state index < -0.39 is 0 Å². The lowest BCUT2D eigenvalue weighted by Gasteiger charge is -2.16. The molecule has 0 aromatic heterocycles. The molecule has 0 heterocycles. The van der Waals surface area contributed by atoms with Crippen LogP contribution in [0.15, 0.2) is 82.2 Å². The summed E-state index contributed by atoms with van der Waals surface area (Å²) in [5.41, 5.74) is 2.34. The fraction of sp³-hybridized carbons (Fsp3) is 0.167. The molecule has 0 aliphatic heterocycles. The molecule has 2 N–H and O–H groups in total. The molecule has 3 aromatic carbocycles. The average Bonchev–Trinajstić information content (AvgIpc) is 2.75. The Morgan fingerprint density at radius 2 is 1.74 bits per heavy atom. The molecule has 0 spiro atoms. The molecule has 31 heavy (non-hydrogen) atoms. The number of amides is 2. The predicted molar refractivity (Wildman–Crippen MR) is 133 cm³/mol. The molecule has 0 bridgehead atoms. The lowest BCUT2D eigenvalue weighted by atomic mass is 10.1. The maximum Gasteiger partial charge on any atom is 0.237 e. The van der Waals surface area contributed by atoms with E-state index in [-0.39, 0.29) is 23.5 Å². The van der Waals surface area contributed by atoms with Gasteiger partial charge in [0.2, 0.25) is 11.8 Å². The number of hydrogen-bond acceptors (Lipinski definition) is 3. The van der Waals surface area contributed by atoms with Crippen molar-refractivity contribution in [3.8, 4) is 0 Å². The molecule has 7 heteroatoms. The molecule has 2 amide bonds. The molecule has 3 aromatic rings. The van der Waals surface area contributed by atoms with Gasteiger partial charge in [0.15, 0.2) is 0 Å². The summed E-state index contributed by atoms with van der Waals surface area (Å²) in [6.07, 6.45) is 0.939. The molecule has 1 unspecified atom stereocenters. The van der Waals surface area contributed by atoms with Crippen LogP contribution >= 0.6 is 39.3 Å². The third kappa shape index (κ3) is 7.13. The fourth-order valence-corrected chi connectivity index (χ4v) is 4.43. The van der Waals surface area contributed by atoms with Gasteiger partial charge in [-0.3, -0.25) is 9.59 Å². The van der Waals surface area contributed by atoms with Crippen LogP contribution in [0.25, 0.3) is 0 Å². The minimum absolute atomic E-state index is 0.0587. The molecule has 1 atom stereocenters. The maximum atomic E-state index is 12.8.